The number of anilines is 1. The van der Waals surface area contributed by atoms with Crippen molar-refractivity contribution >= 4 is 5.69 Å². The van der Waals surface area contributed by atoms with Crippen molar-refractivity contribution in [1.82, 2.24) is 4.98 Å². The first-order valence-corrected chi connectivity index (χ1v) is 10.0. The number of rotatable bonds is 4. The Balaban J connectivity index is 1.65. The summed E-state index contributed by atoms with van der Waals surface area (Å²) in [5.74, 6) is 0. The van der Waals surface area contributed by atoms with Gasteiger partial charge in [-0.05, 0) is 52.9 Å². The zero-order valence-electron chi connectivity index (χ0n) is 17.0. The van der Waals surface area contributed by atoms with E-state index in [1.165, 1.54) is 12.1 Å². The maximum atomic E-state index is 12.9. The molecule has 3 aromatic rings. The summed E-state index contributed by atoms with van der Waals surface area (Å²) >= 11 is 0. The molecule has 0 aliphatic carbocycles. The number of pyridine rings is 1. The van der Waals surface area contributed by atoms with Gasteiger partial charge in [0.25, 0.3) is 0 Å². The number of hydrogen-bond acceptors (Lipinski definition) is 5. The highest BCUT2D eigenvalue weighted by molar-refractivity contribution is 5.70. The molecule has 0 spiro atoms. The summed E-state index contributed by atoms with van der Waals surface area (Å²) in [6.45, 7) is 0.655. The number of alkyl halides is 3. The Morgan fingerprint density at radius 1 is 1.12 bits per heavy atom. The molecule has 0 amide bonds. The van der Waals surface area contributed by atoms with Gasteiger partial charge in [-0.3, -0.25) is 0 Å². The van der Waals surface area contributed by atoms with Crippen LogP contribution in [-0.2, 0) is 19.1 Å². The molecular weight excluding hydrogens is 419 g/mol. The molecular formula is C24H20F3N3O2. The van der Waals surface area contributed by atoms with Gasteiger partial charge in [-0.15, -0.1) is 0 Å². The first-order valence-electron chi connectivity index (χ1n) is 10.0. The molecule has 0 bridgehead atoms. The first kappa shape index (κ1) is 21.8. The average molecular weight is 439 g/mol. The van der Waals surface area contributed by atoms with Crippen LogP contribution in [0.1, 0.15) is 34.2 Å². The normalized spacial score (nSPS) is 14.6. The number of aromatic nitrogens is 1. The van der Waals surface area contributed by atoms with Crippen LogP contribution in [0.15, 0.2) is 54.6 Å². The van der Waals surface area contributed by atoms with E-state index in [9.17, 15) is 28.6 Å². The second-order valence-electron chi connectivity index (χ2n) is 7.64. The smallest absolute Gasteiger partial charge is 0.393 e. The Kier molecular flexibility index (Phi) is 5.87. The van der Waals surface area contributed by atoms with Gasteiger partial charge in [-0.25, -0.2) is 4.98 Å². The zero-order valence-corrected chi connectivity index (χ0v) is 17.0. The van der Waals surface area contributed by atoms with Crippen molar-refractivity contribution in [3.63, 3.8) is 0 Å². The lowest BCUT2D eigenvalue weighted by atomic mass is 9.90. The summed E-state index contributed by atoms with van der Waals surface area (Å²) in [5, 5.41) is 28.5. The Hall–Kier alpha value is -3.41. The highest BCUT2D eigenvalue weighted by Gasteiger charge is 2.30. The van der Waals surface area contributed by atoms with Crippen molar-refractivity contribution in [3.8, 4) is 17.2 Å². The molecule has 2 aromatic carbocycles. The van der Waals surface area contributed by atoms with Gasteiger partial charge in [0, 0.05) is 18.8 Å². The molecule has 1 aromatic heterocycles. The Morgan fingerprint density at radius 3 is 2.53 bits per heavy atom. The van der Waals surface area contributed by atoms with Gasteiger partial charge in [-0.2, -0.15) is 18.4 Å². The van der Waals surface area contributed by atoms with Gasteiger partial charge >= 0.3 is 6.18 Å². The van der Waals surface area contributed by atoms with Crippen molar-refractivity contribution in [2.24, 2.45) is 0 Å². The maximum absolute atomic E-state index is 12.9. The second kappa shape index (κ2) is 8.61. The molecule has 4 rings (SSSR count). The van der Waals surface area contributed by atoms with E-state index in [0.29, 0.717) is 25.2 Å². The molecule has 0 unspecified atom stereocenters. The average Bonchev–Trinajstić information content (AvgIpc) is 2.82. The number of nitrogens with zero attached hydrogens (tertiary/aromatic N) is 3. The topological polar surface area (TPSA) is 80.4 Å². The molecule has 2 N–H and O–H groups in total. The molecule has 0 saturated carbocycles. The van der Waals surface area contributed by atoms with Crippen LogP contribution in [0.3, 0.4) is 0 Å². The fraction of sp³-hybridized carbons (Fsp3) is 0.250. The summed E-state index contributed by atoms with van der Waals surface area (Å²) in [5.41, 5.74) is 4.16. The van der Waals surface area contributed by atoms with Crippen LogP contribution in [0.25, 0.3) is 11.1 Å². The molecule has 32 heavy (non-hydrogen) atoms. The zero-order chi connectivity index (χ0) is 22.9. The monoisotopic (exact) mass is 439 g/mol. The molecule has 0 fully saturated rings. The third-order valence-corrected chi connectivity index (χ3v) is 5.61. The first-order chi connectivity index (χ1) is 15.3. The van der Waals surface area contributed by atoms with Crippen molar-refractivity contribution < 1.29 is 23.4 Å². The van der Waals surface area contributed by atoms with Crippen LogP contribution in [-0.4, -0.2) is 28.3 Å². The summed E-state index contributed by atoms with van der Waals surface area (Å²) in [4.78, 5) is 6.11. The fourth-order valence-electron chi connectivity index (χ4n) is 3.98. The van der Waals surface area contributed by atoms with Crippen LogP contribution < -0.4 is 4.90 Å². The van der Waals surface area contributed by atoms with Crippen LogP contribution >= 0.6 is 0 Å². The lowest BCUT2D eigenvalue weighted by Crippen LogP contribution is -2.31. The Bertz CT molecular complexity index is 1170. The lowest BCUT2D eigenvalue weighted by Gasteiger charge is -2.32. The van der Waals surface area contributed by atoms with E-state index in [0.717, 1.165) is 34.4 Å². The molecule has 8 heteroatoms. The second-order valence-corrected chi connectivity index (χ2v) is 7.64. The van der Waals surface area contributed by atoms with Crippen molar-refractivity contribution in [2.75, 3.05) is 18.1 Å². The predicted molar refractivity (Wildman–Crippen MR) is 113 cm³/mol. The number of halogens is 3. The summed E-state index contributed by atoms with van der Waals surface area (Å²) in [6, 6.07) is 16.2. The predicted octanol–water partition coefficient (Wildman–Crippen LogP) is 4.23. The van der Waals surface area contributed by atoms with Crippen molar-refractivity contribution in [1.29, 1.82) is 5.26 Å². The minimum absolute atomic E-state index is 0.148. The number of hydrogen-bond donors (Lipinski definition) is 2. The van der Waals surface area contributed by atoms with Gasteiger partial charge in [0.15, 0.2) is 0 Å². The minimum atomic E-state index is -4.37. The summed E-state index contributed by atoms with van der Waals surface area (Å²) < 4.78 is 38.7. The fourth-order valence-corrected chi connectivity index (χ4v) is 3.98. The van der Waals surface area contributed by atoms with Crippen LogP contribution in [0.5, 0.6) is 0 Å². The van der Waals surface area contributed by atoms with E-state index >= 15 is 0 Å². The Labute approximate surface area is 183 Å². The highest BCUT2D eigenvalue weighted by atomic mass is 19.4. The van der Waals surface area contributed by atoms with E-state index in [4.69, 9.17) is 0 Å². The molecule has 0 radical (unpaired) electrons. The molecule has 1 atom stereocenters. The molecule has 0 saturated heterocycles. The molecule has 164 valence electrons. The number of nitriles is 1. The van der Waals surface area contributed by atoms with Gasteiger partial charge in [0.1, 0.15) is 17.9 Å². The van der Waals surface area contributed by atoms with E-state index in [1.807, 2.05) is 24.3 Å². The number of aliphatic hydroxyl groups is 2. The van der Waals surface area contributed by atoms with Gasteiger partial charge in [0.2, 0.25) is 0 Å². The number of benzene rings is 2. The number of fused-ring (bicyclic) bond motifs is 1. The van der Waals surface area contributed by atoms with Crippen LogP contribution in [0.4, 0.5) is 18.9 Å². The lowest BCUT2D eigenvalue weighted by molar-refractivity contribution is -0.137. The molecule has 1 aliphatic rings. The molecule has 2 heterocycles. The molecule has 1 aliphatic heterocycles. The van der Waals surface area contributed by atoms with E-state index in [2.05, 4.69) is 9.88 Å². The SMILES string of the molecule is N#Cc1cc(N2CCc3c(cccc3-c3ccc(C(F)(F)F)cc3)C2)cc([C@H](O)CO)n1. The van der Waals surface area contributed by atoms with Gasteiger partial charge in [0.05, 0.1) is 17.9 Å². The number of aliphatic hydroxyl groups excluding tert-OH is 2. The summed E-state index contributed by atoms with van der Waals surface area (Å²) in [7, 11) is 0. The van der Waals surface area contributed by atoms with Crippen molar-refractivity contribution in [2.45, 2.75) is 25.2 Å². The van der Waals surface area contributed by atoms with Crippen molar-refractivity contribution in [3.05, 3.63) is 82.7 Å². The van der Waals surface area contributed by atoms with Gasteiger partial charge < -0.3 is 15.1 Å². The van der Waals surface area contributed by atoms with E-state index in [-0.39, 0.29) is 11.4 Å². The van der Waals surface area contributed by atoms with E-state index in [1.54, 1.807) is 12.1 Å². The highest BCUT2D eigenvalue weighted by Crippen LogP contribution is 2.35. The minimum Gasteiger partial charge on any atom is -0.393 e. The van der Waals surface area contributed by atoms with E-state index < -0.39 is 24.5 Å². The quantitative estimate of drug-likeness (QED) is 0.636. The Morgan fingerprint density at radius 2 is 1.88 bits per heavy atom. The van der Waals surface area contributed by atoms with Gasteiger partial charge in [-0.1, -0.05) is 30.3 Å². The molecule has 5 nitrogen and oxygen atoms in total. The summed E-state index contributed by atoms with van der Waals surface area (Å²) in [6.07, 6.45) is -4.88. The van der Waals surface area contributed by atoms with Crippen LogP contribution in [0.2, 0.25) is 0 Å². The third-order valence-electron chi connectivity index (χ3n) is 5.61. The largest absolute Gasteiger partial charge is 0.416 e. The van der Waals surface area contributed by atoms with Crippen LogP contribution in [0, 0.1) is 11.3 Å². The maximum Gasteiger partial charge on any atom is 0.416 e. The third kappa shape index (κ3) is 4.31. The standard InChI is InChI=1S/C24H20F3N3O2/c25-24(26,27)17-6-4-15(5-7-17)20-3-1-2-16-13-30(9-8-21(16)20)19-10-18(12-28)29-22(11-19)23(32)14-31/h1-7,10-11,23,31-32H,8-9,13-14H2/t23-/m1/s1.